The second-order valence-corrected chi connectivity index (χ2v) is 7.62. The summed E-state index contributed by atoms with van der Waals surface area (Å²) in [5, 5.41) is 9.87. The van der Waals surface area contributed by atoms with E-state index in [0.717, 1.165) is 36.2 Å². The average Bonchev–Trinajstić information content (AvgIpc) is 2.84. The number of guanidine groups is 1. The van der Waals surface area contributed by atoms with E-state index in [-0.39, 0.29) is 5.41 Å². The topological polar surface area (TPSA) is 49.3 Å². The molecule has 21 heavy (non-hydrogen) atoms. The van der Waals surface area contributed by atoms with E-state index in [1.54, 1.807) is 11.3 Å². The molecule has 0 atom stereocenters. The standard InChI is InChI=1S/C16H30N4S/c1-7-17-15(18-9-8-12(2)3)19-10-14-20-13(11-21-14)16(4,5)6/h11-12H,7-10H2,1-6H3,(H2,17,18,19). The number of thiazole rings is 1. The maximum absolute atomic E-state index is 4.68. The number of hydrogen-bond acceptors (Lipinski definition) is 3. The Kier molecular flexibility index (Phi) is 7.15. The lowest BCUT2D eigenvalue weighted by Crippen LogP contribution is -2.38. The molecule has 0 amide bonds. The van der Waals surface area contributed by atoms with Gasteiger partial charge in [0.05, 0.1) is 12.2 Å². The van der Waals surface area contributed by atoms with E-state index in [4.69, 9.17) is 0 Å². The van der Waals surface area contributed by atoms with Gasteiger partial charge in [0.2, 0.25) is 0 Å². The molecule has 120 valence electrons. The summed E-state index contributed by atoms with van der Waals surface area (Å²) in [4.78, 5) is 9.30. The molecular weight excluding hydrogens is 280 g/mol. The summed E-state index contributed by atoms with van der Waals surface area (Å²) in [6, 6.07) is 0. The highest BCUT2D eigenvalue weighted by Gasteiger charge is 2.17. The summed E-state index contributed by atoms with van der Waals surface area (Å²) in [5.74, 6) is 1.58. The van der Waals surface area contributed by atoms with E-state index in [2.05, 4.69) is 67.5 Å². The van der Waals surface area contributed by atoms with Gasteiger partial charge in [-0.3, -0.25) is 0 Å². The molecule has 0 saturated heterocycles. The van der Waals surface area contributed by atoms with Crippen LogP contribution in [0.3, 0.4) is 0 Å². The molecule has 0 radical (unpaired) electrons. The Morgan fingerprint density at radius 2 is 2.05 bits per heavy atom. The van der Waals surface area contributed by atoms with Crippen molar-refractivity contribution in [2.24, 2.45) is 10.9 Å². The van der Waals surface area contributed by atoms with Gasteiger partial charge in [-0.05, 0) is 19.3 Å². The molecule has 0 saturated carbocycles. The summed E-state index contributed by atoms with van der Waals surface area (Å²) in [6.45, 7) is 15.6. The Morgan fingerprint density at radius 3 is 2.57 bits per heavy atom. The van der Waals surface area contributed by atoms with Crippen LogP contribution in [0.5, 0.6) is 0 Å². The minimum atomic E-state index is 0.110. The van der Waals surface area contributed by atoms with Crippen LogP contribution in [-0.4, -0.2) is 24.0 Å². The van der Waals surface area contributed by atoms with Crippen LogP contribution < -0.4 is 10.6 Å². The Labute approximate surface area is 133 Å². The van der Waals surface area contributed by atoms with Crippen LogP contribution >= 0.6 is 11.3 Å². The third-order valence-corrected chi connectivity index (χ3v) is 3.88. The van der Waals surface area contributed by atoms with Gasteiger partial charge < -0.3 is 10.6 Å². The third-order valence-electron chi connectivity index (χ3n) is 3.05. The first-order valence-corrected chi connectivity index (χ1v) is 8.68. The molecule has 0 aliphatic heterocycles. The minimum absolute atomic E-state index is 0.110. The monoisotopic (exact) mass is 310 g/mol. The van der Waals surface area contributed by atoms with Gasteiger partial charge in [0.1, 0.15) is 5.01 Å². The van der Waals surface area contributed by atoms with Crippen molar-refractivity contribution in [3.63, 3.8) is 0 Å². The molecule has 0 aliphatic rings. The fourth-order valence-electron chi connectivity index (χ4n) is 1.70. The van der Waals surface area contributed by atoms with Crippen LogP contribution in [0.15, 0.2) is 10.4 Å². The molecule has 0 unspecified atom stereocenters. The number of aliphatic imine (C=N–C) groups is 1. The third kappa shape index (κ3) is 6.93. The van der Waals surface area contributed by atoms with Crippen molar-refractivity contribution in [1.82, 2.24) is 15.6 Å². The van der Waals surface area contributed by atoms with E-state index >= 15 is 0 Å². The summed E-state index contributed by atoms with van der Waals surface area (Å²) in [7, 11) is 0. The van der Waals surface area contributed by atoms with Crippen molar-refractivity contribution >= 4 is 17.3 Å². The lowest BCUT2D eigenvalue weighted by atomic mass is 9.93. The molecule has 1 rings (SSSR count). The molecule has 5 heteroatoms. The smallest absolute Gasteiger partial charge is 0.191 e. The average molecular weight is 311 g/mol. The maximum Gasteiger partial charge on any atom is 0.191 e. The number of rotatable bonds is 6. The molecule has 0 bridgehead atoms. The first-order valence-electron chi connectivity index (χ1n) is 7.80. The highest BCUT2D eigenvalue weighted by atomic mass is 32.1. The van der Waals surface area contributed by atoms with Gasteiger partial charge in [-0.15, -0.1) is 11.3 Å². The molecule has 0 fully saturated rings. The zero-order chi connectivity index (χ0) is 15.9. The second kappa shape index (κ2) is 8.37. The molecular formula is C16H30N4S. The zero-order valence-corrected chi connectivity index (χ0v) is 15.1. The van der Waals surface area contributed by atoms with E-state index in [0.29, 0.717) is 12.5 Å². The molecule has 0 aliphatic carbocycles. The van der Waals surface area contributed by atoms with Crippen molar-refractivity contribution in [3.8, 4) is 0 Å². The van der Waals surface area contributed by atoms with Gasteiger partial charge >= 0.3 is 0 Å². The Balaban J connectivity index is 2.58. The van der Waals surface area contributed by atoms with Crippen molar-refractivity contribution in [2.45, 2.75) is 59.9 Å². The van der Waals surface area contributed by atoms with Crippen molar-refractivity contribution < 1.29 is 0 Å². The predicted molar refractivity (Wildman–Crippen MR) is 93.1 cm³/mol. The molecule has 1 aromatic heterocycles. The lowest BCUT2D eigenvalue weighted by molar-refractivity contribution is 0.570. The Hall–Kier alpha value is -1.10. The molecule has 0 aromatic carbocycles. The number of nitrogens with one attached hydrogen (secondary N) is 2. The summed E-state index contributed by atoms with van der Waals surface area (Å²) >= 11 is 1.69. The van der Waals surface area contributed by atoms with Crippen LogP contribution in [0.4, 0.5) is 0 Å². The van der Waals surface area contributed by atoms with Crippen LogP contribution in [0.2, 0.25) is 0 Å². The van der Waals surface area contributed by atoms with Gasteiger partial charge in [-0.2, -0.15) is 0 Å². The fourth-order valence-corrected chi connectivity index (χ4v) is 2.64. The molecule has 2 N–H and O–H groups in total. The van der Waals surface area contributed by atoms with Crippen molar-refractivity contribution in [3.05, 3.63) is 16.1 Å². The van der Waals surface area contributed by atoms with Crippen LogP contribution in [0.25, 0.3) is 0 Å². The number of aromatic nitrogens is 1. The van der Waals surface area contributed by atoms with Crippen molar-refractivity contribution in [1.29, 1.82) is 0 Å². The van der Waals surface area contributed by atoms with E-state index in [9.17, 15) is 0 Å². The normalized spacial score (nSPS) is 12.8. The first-order chi connectivity index (χ1) is 9.82. The van der Waals surface area contributed by atoms with Gasteiger partial charge in [-0.1, -0.05) is 34.6 Å². The van der Waals surface area contributed by atoms with Crippen molar-refractivity contribution in [2.75, 3.05) is 13.1 Å². The fraction of sp³-hybridized carbons (Fsp3) is 0.750. The van der Waals surface area contributed by atoms with Crippen LogP contribution in [-0.2, 0) is 12.0 Å². The quantitative estimate of drug-likeness (QED) is 0.624. The van der Waals surface area contributed by atoms with Gasteiger partial charge in [-0.25, -0.2) is 9.98 Å². The molecule has 1 aromatic rings. The molecule has 4 nitrogen and oxygen atoms in total. The van der Waals surface area contributed by atoms with E-state index in [1.807, 2.05) is 0 Å². The molecule has 1 heterocycles. The summed E-state index contributed by atoms with van der Waals surface area (Å²) in [5.41, 5.74) is 1.26. The Morgan fingerprint density at radius 1 is 1.33 bits per heavy atom. The predicted octanol–water partition coefficient (Wildman–Crippen LogP) is 3.54. The summed E-state index contributed by atoms with van der Waals surface area (Å²) < 4.78 is 0. The zero-order valence-electron chi connectivity index (χ0n) is 14.3. The maximum atomic E-state index is 4.68. The van der Waals surface area contributed by atoms with Crippen LogP contribution in [0, 0.1) is 5.92 Å². The van der Waals surface area contributed by atoms with Gasteiger partial charge in [0.25, 0.3) is 0 Å². The van der Waals surface area contributed by atoms with Crippen LogP contribution in [0.1, 0.15) is 58.7 Å². The first kappa shape index (κ1) is 18.0. The largest absolute Gasteiger partial charge is 0.357 e. The lowest BCUT2D eigenvalue weighted by Gasteiger charge is -2.14. The number of hydrogen-bond donors (Lipinski definition) is 2. The highest BCUT2D eigenvalue weighted by molar-refractivity contribution is 7.09. The SMILES string of the molecule is CCNC(=NCc1nc(C(C)(C)C)cs1)NCCC(C)C. The number of nitrogens with zero attached hydrogens (tertiary/aromatic N) is 2. The molecule has 0 spiro atoms. The second-order valence-electron chi connectivity index (χ2n) is 6.68. The highest BCUT2D eigenvalue weighted by Crippen LogP contribution is 2.24. The van der Waals surface area contributed by atoms with Gasteiger partial charge in [0.15, 0.2) is 5.96 Å². The minimum Gasteiger partial charge on any atom is -0.357 e. The Bertz CT molecular complexity index is 443. The summed E-state index contributed by atoms with van der Waals surface area (Å²) in [6.07, 6.45) is 1.15. The van der Waals surface area contributed by atoms with Gasteiger partial charge in [0, 0.05) is 23.9 Å². The van der Waals surface area contributed by atoms with E-state index in [1.165, 1.54) is 0 Å². The van der Waals surface area contributed by atoms with E-state index < -0.39 is 0 Å².